The van der Waals surface area contributed by atoms with E-state index in [9.17, 15) is 4.79 Å². The van der Waals surface area contributed by atoms with Gasteiger partial charge in [0.2, 0.25) is 0 Å². The Morgan fingerprint density at radius 3 is 3.11 bits per heavy atom. The zero-order valence-corrected chi connectivity index (χ0v) is 11.4. The van der Waals surface area contributed by atoms with Crippen molar-refractivity contribution in [2.45, 2.75) is 6.54 Å². The molecule has 0 spiro atoms. The van der Waals surface area contributed by atoms with E-state index in [0.29, 0.717) is 24.0 Å². The first-order valence-corrected chi connectivity index (χ1v) is 6.43. The van der Waals surface area contributed by atoms with Crippen LogP contribution >= 0.6 is 11.3 Å². The van der Waals surface area contributed by atoms with Gasteiger partial charge in [0.05, 0.1) is 32.1 Å². The lowest BCUT2D eigenvalue weighted by Crippen LogP contribution is -2.04. The van der Waals surface area contributed by atoms with Crippen molar-refractivity contribution in [1.29, 1.82) is 0 Å². The number of hydrogen-bond donors (Lipinski definition) is 1. The summed E-state index contributed by atoms with van der Waals surface area (Å²) in [6.07, 6.45) is 3.53. The first-order valence-electron chi connectivity index (χ1n) is 5.55. The van der Waals surface area contributed by atoms with Crippen molar-refractivity contribution < 1.29 is 14.3 Å². The Hall–Kier alpha value is -1.93. The van der Waals surface area contributed by atoms with Crippen molar-refractivity contribution in [3.05, 3.63) is 23.5 Å². The van der Waals surface area contributed by atoms with Crippen LogP contribution in [0.3, 0.4) is 0 Å². The minimum Gasteiger partial charge on any atom is -0.464 e. The van der Waals surface area contributed by atoms with Crippen LogP contribution in [0.15, 0.2) is 17.8 Å². The fourth-order valence-electron chi connectivity index (χ4n) is 1.39. The van der Waals surface area contributed by atoms with Crippen molar-refractivity contribution >= 4 is 28.1 Å². The van der Waals surface area contributed by atoms with Gasteiger partial charge in [0.1, 0.15) is 0 Å². The quantitative estimate of drug-likeness (QED) is 0.809. The number of nitrogens with one attached hydrogen (secondary N) is 1. The molecule has 2 aromatic heterocycles. The number of ether oxygens (including phenoxy) is 2. The second kappa shape index (κ2) is 6.30. The van der Waals surface area contributed by atoms with E-state index in [0.717, 1.165) is 5.69 Å². The van der Waals surface area contributed by atoms with Gasteiger partial charge in [0.15, 0.2) is 10.8 Å². The smallest absolute Gasteiger partial charge is 0.357 e. The van der Waals surface area contributed by atoms with E-state index in [-0.39, 0.29) is 0 Å². The Morgan fingerprint density at radius 2 is 2.37 bits per heavy atom. The number of rotatable bonds is 6. The molecule has 0 aliphatic carbocycles. The number of carbonyl (C=O) groups excluding carboxylic acids is 1. The molecule has 0 aliphatic heterocycles. The average Bonchev–Trinajstić information content (AvgIpc) is 3.05. The van der Waals surface area contributed by atoms with Crippen molar-refractivity contribution in [2.75, 3.05) is 26.1 Å². The van der Waals surface area contributed by atoms with Gasteiger partial charge in [-0.2, -0.15) is 5.10 Å². The second-order valence-electron chi connectivity index (χ2n) is 3.64. The maximum absolute atomic E-state index is 11.3. The van der Waals surface area contributed by atoms with Gasteiger partial charge in [-0.15, -0.1) is 11.3 Å². The fourth-order valence-corrected chi connectivity index (χ4v) is 2.09. The normalized spacial score (nSPS) is 10.4. The minimum absolute atomic E-state index is 0.293. The van der Waals surface area contributed by atoms with Crippen LogP contribution in [0, 0.1) is 0 Å². The zero-order valence-electron chi connectivity index (χ0n) is 10.6. The Kier molecular flexibility index (Phi) is 4.48. The van der Waals surface area contributed by atoms with Gasteiger partial charge in [-0.1, -0.05) is 0 Å². The van der Waals surface area contributed by atoms with E-state index < -0.39 is 5.97 Å². The number of aromatic nitrogens is 3. The summed E-state index contributed by atoms with van der Waals surface area (Å²) in [5.74, 6) is -0.444. The van der Waals surface area contributed by atoms with Crippen LogP contribution in [0.25, 0.3) is 0 Å². The van der Waals surface area contributed by atoms with Gasteiger partial charge in [-0.25, -0.2) is 9.78 Å². The van der Waals surface area contributed by atoms with E-state index in [1.165, 1.54) is 18.4 Å². The highest BCUT2D eigenvalue weighted by molar-refractivity contribution is 7.14. The van der Waals surface area contributed by atoms with Crippen LogP contribution in [-0.2, 0) is 16.0 Å². The molecule has 0 radical (unpaired) electrons. The molecule has 8 heteroatoms. The molecule has 0 atom stereocenters. The molecule has 0 saturated carbocycles. The van der Waals surface area contributed by atoms with Crippen molar-refractivity contribution in [1.82, 2.24) is 14.8 Å². The zero-order chi connectivity index (χ0) is 13.7. The lowest BCUT2D eigenvalue weighted by Gasteiger charge is -1.99. The van der Waals surface area contributed by atoms with Crippen LogP contribution in [0.2, 0.25) is 0 Å². The number of thiazole rings is 1. The molecule has 19 heavy (non-hydrogen) atoms. The number of esters is 1. The summed E-state index contributed by atoms with van der Waals surface area (Å²) in [5.41, 5.74) is 1.10. The molecule has 102 valence electrons. The first-order chi connectivity index (χ1) is 9.22. The third kappa shape index (κ3) is 3.52. The Labute approximate surface area is 114 Å². The number of hydrogen-bond acceptors (Lipinski definition) is 7. The monoisotopic (exact) mass is 282 g/mol. The Balaban J connectivity index is 1.98. The SMILES string of the molecule is COCCn1cc(Nc2nc(C(=O)OC)cs2)cn1. The molecule has 0 unspecified atom stereocenters. The van der Waals surface area contributed by atoms with Gasteiger partial charge >= 0.3 is 5.97 Å². The lowest BCUT2D eigenvalue weighted by atomic mass is 10.5. The standard InChI is InChI=1S/C11H14N4O3S/c1-17-4-3-15-6-8(5-12-15)13-11-14-9(7-19-11)10(16)18-2/h5-7H,3-4H2,1-2H3,(H,13,14). The predicted molar refractivity (Wildman–Crippen MR) is 70.8 cm³/mol. The number of anilines is 2. The third-order valence-electron chi connectivity index (χ3n) is 2.31. The molecule has 0 aliphatic rings. The van der Waals surface area contributed by atoms with Crippen molar-refractivity contribution in [3.63, 3.8) is 0 Å². The molecule has 7 nitrogen and oxygen atoms in total. The van der Waals surface area contributed by atoms with E-state index >= 15 is 0 Å². The highest BCUT2D eigenvalue weighted by atomic mass is 32.1. The second-order valence-corrected chi connectivity index (χ2v) is 4.50. The Bertz CT molecular complexity index is 552. The molecular formula is C11H14N4O3S. The summed E-state index contributed by atoms with van der Waals surface area (Å²) in [5, 5.41) is 9.50. The summed E-state index contributed by atoms with van der Waals surface area (Å²) in [4.78, 5) is 15.4. The fraction of sp³-hybridized carbons (Fsp3) is 0.364. The van der Waals surface area contributed by atoms with Gasteiger partial charge < -0.3 is 14.8 Å². The van der Waals surface area contributed by atoms with Crippen LogP contribution in [-0.4, -0.2) is 41.6 Å². The van der Waals surface area contributed by atoms with Crippen LogP contribution in [0.5, 0.6) is 0 Å². The molecular weight excluding hydrogens is 268 g/mol. The molecule has 0 aromatic carbocycles. The van der Waals surface area contributed by atoms with Crippen LogP contribution in [0.4, 0.5) is 10.8 Å². The molecule has 2 rings (SSSR count). The molecule has 0 fully saturated rings. The largest absolute Gasteiger partial charge is 0.464 e. The maximum atomic E-state index is 11.3. The van der Waals surface area contributed by atoms with Gasteiger partial charge in [0, 0.05) is 18.7 Å². The number of carbonyl (C=O) groups is 1. The lowest BCUT2D eigenvalue weighted by molar-refractivity contribution is 0.0595. The maximum Gasteiger partial charge on any atom is 0.357 e. The third-order valence-corrected chi connectivity index (χ3v) is 3.07. The molecule has 2 aromatic rings. The van der Waals surface area contributed by atoms with Gasteiger partial charge in [-0.3, -0.25) is 4.68 Å². The highest BCUT2D eigenvalue weighted by Crippen LogP contribution is 2.20. The molecule has 0 amide bonds. The van der Waals surface area contributed by atoms with E-state index in [1.54, 1.807) is 23.4 Å². The Morgan fingerprint density at radius 1 is 1.53 bits per heavy atom. The summed E-state index contributed by atoms with van der Waals surface area (Å²) in [6.45, 7) is 1.29. The molecule has 0 saturated heterocycles. The topological polar surface area (TPSA) is 78.3 Å². The molecule has 0 bridgehead atoms. The number of nitrogens with zero attached hydrogens (tertiary/aromatic N) is 3. The van der Waals surface area contributed by atoms with Gasteiger partial charge in [-0.05, 0) is 0 Å². The summed E-state index contributed by atoms with van der Waals surface area (Å²) in [6, 6.07) is 0. The van der Waals surface area contributed by atoms with Crippen LogP contribution in [0.1, 0.15) is 10.5 Å². The van der Waals surface area contributed by atoms with E-state index in [2.05, 4.69) is 20.1 Å². The summed E-state index contributed by atoms with van der Waals surface area (Å²) >= 11 is 1.33. The van der Waals surface area contributed by atoms with E-state index in [4.69, 9.17) is 4.74 Å². The minimum atomic E-state index is -0.444. The molecule has 1 N–H and O–H groups in total. The van der Waals surface area contributed by atoms with Crippen molar-refractivity contribution in [3.8, 4) is 0 Å². The average molecular weight is 282 g/mol. The summed E-state index contributed by atoms with van der Waals surface area (Å²) < 4.78 is 11.3. The summed E-state index contributed by atoms with van der Waals surface area (Å²) in [7, 11) is 2.97. The van der Waals surface area contributed by atoms with Crippen molar-refractivity contribution in [2.24, 2.45) is 0 Å². The van der Waals surface area contributed by atoms with Crippen LogP contribution < -0.4 is 5.32 Å². The van der Waals surface area contributed by atoms with Gasteiger partial charge in [0.25, 0.3) is 0 Å². The highest BCUT2D eigenvalue weighted by Gasteiger charge is 2.11. The van der Waals surface area contributed by atoms with E-state index in [1.807, 2.05) is 6.20 Å². The number of methoxy groups -OCH3 is 2. The first kappa shape index (κ1) is 13.5. The predicted octanol–water partition coefficient (Wildman–Crippen LogP) is 1.52. The molecule has 2 heterocycles.